The second-order valence-corrected chi connectivity index (χ2v) is 3.14. The van der Waals surface area contributed by atoms with Gasteiger partial charge >= 0.3 is 0 Å². The first kappa shape index (κ1) is 10.4. The van der Waals surface area contributed by atoms with E-state index in [1.165, 1.54) is 0 Å². The number of aliphatic hydroxyl groups is 1. The highest BCUT2D eigenvalue weighted by atomic mass is 16.3. The van der Waals surface area contributed by atoms with Crippen LogP contribution in [0.5, 0.6) is 0 Å². The van der Waals surface area contributed by atoms with Crippen molar-refractivity contribution in [3.63, 3.8) is 0 Å². The van der Waals surface area contributed by atoms with Gasteiger partial charge < -0.3 is 5.11 Å². The number of nitriles is 1. The third-order valence-electron chi connectivity index (χ3n) is 1.87. The first-order valence-electron chi connectivity index (χ1n) is 4.25. The quantitative estimate of drug-likeness (QED) is 0.659. The maximum Gasteiger partial charge on any atom is 0.0697 e. The molecular weight excluding hydrogens is 138 g/mol. The minimum absolute atomic E-state index is 0.00452. The van der Waals surface area contributed by atoms with Crippen LogP contribution in [0.1, 0.15) is 33.1 Å². The van der Waals surface area contributed by atoms with E-state index in [1.54, 1.807) is 0 Å². The van der Waals surface area contributed by atoms with Gasteiger partial charge in [-0.15, -0.1) is 0 Å². The van der Waals surface area contributed by atoms with E-state index in [0.29, 0.717) is 5.92 Å². The zero-order valence-electron chi connectivity index (χ0n) is 7.38. The largest absolute Gasteiger partial charge is 0.395 e. The van der Waals surface area contributed by atoms with Crippen LogP contribution in [0.25, 0.3) is 0 Å². The lowest BCUT2D eigenvalue weighted by Crippen LogP contribution is -2.08. The first-order chi connectivity index (χ1) is 5.24. The van der Waals surface area contributed by atoms with Gasteiger partial charge in [0, 0.05) is 0 Å². The Balaban J connectivity index is 3.55. The van der Waals surface area contributed by atoms with Gasteiger partial charge in [0.05, 0.1) is 18.6 Å². The van der Waals surface area contributed by atoms with Gasteiger partial charge in [-0.25, -0.2) is 0 Å². The summed E-state index contributed by atoms with van der Waals surface area (Å²) in [6.45, 7) is 4.27. The molecule has 11 heavy (non-hydrogen) atoms. The van der Waals surface area contributed by atoms with Crippen LogP contribution < -0.4 is 0 Å². The maximum absolute atomic E-state index is 8.72. The smallest absolute Gasteiger partial charge is 0.0697 e. The minimum Gasteiger partial charge on any atom is -0.395 e. The summed E-state index contributed by atoms with van der Waals surface area (Å²) >= 11 is 0. The van der Waals surface area contributed by atoms with Crippen LogP contribution in [-0.2, 0) is 0 Å². The molecule has 0 saturated carbocycles. The Hall–Kier alpha value is -0.550. The Morgan fingerprint density at radius 1 is 1.55 bits per heavy atom. The normalized spacial score (nSPS) is 15.5. The molecule has 0 aromatic heterocycles. The van der Waals surface area contributed by atoms with Gasteiger partial charge in [0.15, 0.2) is 0 Å². The Labute approximate surface area is 68.8 Å². The Kier molecular flexibility index (Phi) is 5.87. The fourth-order valence-electron chi connectivity index (χ4n) is 1.26. The van der Waals surface area contributed by atoms with E-state index in [0.717, 1.165) is 19.3 Å². The van der Waals surface area contributed by atoms with Gasteiger partial charge in [-0.1, -0.05) is 26.7 Å². The van der Waals surface area contributed by atoms with Gasteiger partial charge in [-0.2, -0.15) is 5.26 Å². The standard InChI is InChI=1S/C9H17NO/c1-3-4-8(2)5-9(6-10)7-11/h8-9,11H,3-5,7H2,1-2H3. The second kappa shape index (κ2) is 6.18. The summed E-state index contributed by atoms with van der Waals surface area (Å²) < 4.78 is 0. The summed E-state index contributed by atoms with van der Waals surface area (Å²) in [6, 6.07) is 2.09. The van der Waals surface area contributed by atoms with Crippen molar-refractivity contribution in [3.8, 4) is 6.07 Å². The molecule has 2 unspecified atom stereocenters. The summed E-state index contributed by atoms with van der Waals surface area (Å²) in [5.41, 5.74) is 0. The highest BCUT2D eigenvalue weighted by Gasteiger charge is 2.10. The third-order valence-corrected chi connectivity index (χ3v) is 1.87. The van der Waals surface area contributed by atoms with Crippen molar-refractivity contribution < 1.29 is 5.11 Å². The summed E-state index contributed by atoms with van der Waals surface area (Å²) in [5, 5.41) is 17.3. The summed E-state index contributed by atoms with van der Waals surface area (Å²) in [4.78, 5) is 0. The SMILES string of the molecule is CCCC(C)CC(C#N)CO. The highest BCUT2D eigenvalue weighted by molar-refractivity contribution is 4.82. The van der Waals surface area contributed by atoms with Crippen LogP contribution in [0.3, 0.4) is 0 Å². The molecule has 0 aromatic carbocycles. The van der Waals surface area contributed by atoms with Crippen molar-refractivity contribution in [2.24, 2.45) is 11.8 Å². The summed E-state index contributed by atoms with van der Waals surface area (Å²) in [7, 11) is 0. The van der Waals surface area contributed by atoms with Crippen molar-refractivity contribution >= 4 is 0 Å². The molecule has 0 fully saturated rings. The van der Waals surface area contributed by atoms with Crippen molar-refractivity contribution in [3.05, 3.63) is 0 Å². The Bertz CT molecular complexity index is 128. The molecule has 0 aromatic rings. The number of rotatable bonds is 5. The molecule has 0 heterocycles. The predicted molar refractivity (Wildman–Crippen MR) is 44.9 cm³/mol. The van der Waals surface area contributed by atoms with Gasteiger partial charge in [-0.3, -0.25) is 0 Å². The molecule has 2 atom stereocenters. The summed E-state index contributed by atoms with van der Waals surface area (Å²) in [5.74, 6) is 0.411. The van der Waals surface area contributed by atoms with Crippen molar-refractivity contribution in [1.29, 1.82) is 5.26 Å². The van der Waals surface area contributed by atoms with Crippen molar-refractivity contribution in [1.82, 2.24) is 0 Å². The second-order valence-electron chi connectivity index (χ2n) is 3.14. The minimum atomic E-state index is -0.156. The predicted octanol–water partition coefficient (Wildman–Crippen LogP) is 1.94. The number of hydrogen-bond acceptors (Lipinski definition) is 2. The number of nitrogens with zero attached hydrogens (tertiary/aromatic N) is 1. The molecule has 0 amide bonds. The highest BCUT2D eigenvalue weighted by Crippen LogP contribution is 2.15. The fourth-order valence-corrected chi connectivity index (χ4v) is 1.26. The average Bonchev–Trinajstić information content (AvgIpc) is 2.01. The van der Waals surface area contributed by atoms with Gasteiger partial charge in [-0.05, 0) is 12.3 Å². The molecule has 2 heteroatoms. The monoisotopic (exact) mass is 155 g/mol. The van der Waals surface area contributed by atoms with E-state index < -0.39 is 0 Å². The molecule has 0 aliphatic heterocycles. The van der Waals surface area contributed by atoms with Gasteiger partial charge in [0.1, 0.15) is 0 Å². The molecular formula is C9H17NO. The first-order valence-corrected chi connectivity index (χ1v) is 4.25. The van der Waals surface area contributed by atoms with Crippen molar-refractivity contribution in [2.45, 2.75) is 33.1 Å². The molecule has 0 bridgehead atoms. The van der Waals surface area contributed by atoms with Crippen LogP contribution in [0.2, 0.25) is 0 Å². The van der Waals surface area contributed by atoms with E-state index in [1.807, 2.05) is 0 Å². The van der Waals surface area contributed by atoms with Crippen molar-refractivity contribution in [2.75, 3.05) is 6.61 Å². The lowest BCUT2D eigenvalue weighted by atomic mass is 9.94. The zero-order chi connectivity index (χ0) is 8.69. The third kappa shape index (κ3) is 4.80. The molecule has 0 spiro atoms. The maximum atomic E-state index is 8.72. The topological polar surface area (TPSA) is 44.0 Å². The zero-order valence-corrected chi connectivity index (χ0v) is 7.38. The van der Waals surface area contributed by atoms with E-state index >= 15 is 0 Å². The Morgan fingerprint density at radius 2 is 2.18 bits per heavy atom. The molecule has 64 valence electrons. The van der Waals surface area contributed by atoms with Crippen LogP contribution in [0.4, 0.5) is 0 Å². The van der Waals surface area contributed by atoms with E-state index in [2.05, 4.69) is 19.9 Å². The van der Waals surface area contributed by atoms with Crippen LogP contribution in [0.15, 0.2) is 0 Å². The molecule has 0 rings (SSSR count). The van der Waals surface area contributed by atoms with E-state index in [4.69, 9.17) is 10.4 Å². The molecule has 0 saturated heterocycles. The van der Waals surface area contributed by atoms with Crippen LogP contribution in [-0.4, -0.2) is 11.7 Å². The molecule has 0 aliphatic rings. The fraction of sp³-hybridized carbons (Fsp3) is 0.889. The molecule has 2 nitrogen and oxygen atoms in total. The van der Waals surface area contributed by atoms with Gasteiger partial charge in [0.2, 0.25) is 0 Å². The van der Waals surface area contributed by atoms with E-state index in [-0.39, 0.29) is 12.5 Å². The number of hydrogen-bond donors (Lipinski definition) is 1. The molecule has 1 N–H and O–H groups in total. The summed E-state index contributed by atoms with van der Waals surface area (Å²) in [6.07, 6.45) is 3.14. The molecule has 0 radical (unpaired) electrons. The van der Waals surface area contributed by atoms with Crippen LogP contribution >= 0.6 is 0 Å². The lowest BCUT2D eigenvalue weighted by Gasteiger charge is -2.11. The Morgan fingerprint density at radius 3 is 2.55 bits per heavy atom. The average molecular weight is 155 g/mol. The van der Waals surface area contributed by atoms with E-state index in [9.17, 15) is 0 Å². The van der Waals surface area contributed by atoms with Gasteiger partial charge in [0.25, 0.3) is 0 Å². The number of aliphatic hydroxyl groups excluding tert-OH is 1. The lowest BCUT2D eigenvalue weighted by molar-refractivity contribution is 0.233. The molecule has 0 aliphatic carbocycles. The van der Waals surface area contributed by atoms with Crippen LogP contribution in [0, 0.1) is 23.2 Å².